The van der Waals surface area contributed by atoms with Crippen LogP contribution in [-0.2, 0) is 35.3 Å². The maximum atomic E-state index is 16.0. The summed E-state index contributed by atoms with van der Waals surface area (Å²) in [6.45, 7) is 3.78. The highest BCUT2D eigenvalue weighted by Gasteiger charge is 2.45. The number of aliphatic hydroxyl groups is 2. The lowest BCUT2D eigenvalue weighted by Crippen LogP contribution is -2.54. The van der Waals surface area contributed by atoms with Crippen molar-refractivity contribution in [3.63, 3.8) is 0 Å². The molecule has 0 aliphatic carbocycles. The number of anilines is 3. The van der Waals surface area contributed by atoms with E-state index in [1.807, 2.05) is 0 Å². The second-order valence-electron chi connectivity index (χ2n) is 14.4. The number of aliphatic hydroxyl groups excluding tert-OH is 2. The Balaban J connectivity index is 1.51. The van der Waals surface area contributed by atoms with Crippen molar-refractivity contribution in [3.8, 4) is 16.2 Å². The lowest BCUT2D eigenvalue weighted by atomic mass is 10.0. The highest BCUT2D eigenvalue weighted by Crippen LogP contribution is 2.52. The molecule has 2 atom stereocenters. The number of ether oxygens (including phenoxy) is 3. The van der Waals surface area contributed by atoms with Gasteiger partial charge in [0, 0.05) is 40.4 Å². The van der Waals surface area contributed by atoms with E-state index >= 15 is 8.78 Å². The maximum Gasteiger partial charge on any atom is 0.416 e. The Hall–Kier alpha value is -5.98. The molecule has 3 N–H and O–H groups in total. The predicted octanol–water partition coefficient (Wildman–Crippen LogP) is 9.02. The van der Waals surface area contributed by atoms with Crippen molar-refractivity contribution in [2.24, 2.45) is 0 Å². The van der Waals surface area contributed by atoms with E-state index in [9.17, 15) is 33.0 Å². The number of hydrogen-bond acceptors (Lipinski definition) is 11. The van der Waals surface area contributed by atoms with Crippen LogP contribution >= 0.6 is 11.3 Å². The molecule has 2 unspecified atom stereocenters. The Kier molecular flexibility index (Phi) is 12.3. The molecule has 2 amide bonds. The molecule has 12 nitrogen and oxygen atoms in total. The summed E-state index contributed by atoms with van der Waals surface area (Å²) >= 11 is 0.896. The van der Waals surface area contributed by atoms with Crippen LogP contribution in [0.3, 0.4) is 0 Å². The summed E-state index contributed by atoms with van der Waals surface area (Å²) in [5.41, 5.74) is -2.12. The minimum absolute atomic E-state index is 0.0204. The molecule has 3 heterocycles. The monoisotopic (exact) mass is 841 g/mol. The summed E-state index contributed by atoms with van der Waals surface area (Å²) in [5.74, 6) is -2.42. The molecule has 0 saturated heterocycles. The summed E-state index contributed by atoms with van der Waals surface area (Å²) in [4.78, 5) is 33.5. The summed E-state index contributed by atoms with van der Waals surface area (Å²) in [5, 5.41) is 26.7. The Morgan fingerprint density at radius 1 is 0.949 bits per heavy atom. The number of nitrogens with one attached hydrogen (secondary N) is 1. The lowest BCUT2D eigenvalue weighted by molar-refractivity contribution is -0.138. The number of rotatable bonds is 10. The average molecular weight is 842 g/mol. The molecular formula is C41H40F5N5O7S. The summed E-state index contributed by atoms with van der Waals surface area (Å²) < 4.78 is 90.5. The van der Waals surface area contributed by atoms with Crippen LogP contribution in [-0.4, -0.2) is 58.4 Å². The third kappa shape index (κ3) is 9.34. The number of aromatic nitrogens is 1. The molecule has 1 aliphatic rings. The fraction of sp³-hybridized carbons (Fsp3) is 0.293. The van der Waals surface area contributed by atoms with Crippen molar-refractivity contribution >= 4 is 40.0 Å². The van der Waals surface area contributed by atoms with Crippen molar-refractivity contribution in [3.05, 3.63) is 125 Å². The topological polar surface area (TPSA) is 137 Å². The first kappa shape index (κ1) is 42.6. The molecule has 0 fully saturated rings. The molecule has 3 aromatic carbocycles. The molecule has 59 heavy (non-hydrogen) atoms. The quantitative estimate of drug-likeness (QED) is 0.117. The zero-order chi connectivity index (χ0) is 42.8. The van der Waals surface area contributed by atoms with Crippen LogP contribution in [0.1, 0.15) is 54.8 Å². The van der Waals surface area contributed by atoms with Crippen molar-refractivity contribution in [2.45, 2.75) is 64.8 Å². The van der Waals surface area contributed by atoms with Gasteiger partial charge >= 0.3 is 18.4 Å². The first-order chi connectivity index (χ1) is 27.9. The second-order valence-corrected chi connectivity index (χ2v) is 15.4. The number of pyridine rings is 1. The number of carbonyl (C=O) groups excluding carboxylic acids is 2. The fourth-order valence-electron chi connectivity index (χ4n) is 6.42. The van der Waals surface area contributed by atoms with Gasteiger partial charge < -0.3 is 34.2 Å². The van der Waals surface area contributed by atoms with Gasteiger partial charge in [0.1, 0.15) is 28.8 Å². The molecule has 1 aliphatic heterocycles. The first-order valence-electron chi connectivity index (χ1n) is 18.0. The van der Waals surface area contributed by atoms with Crippen LogP contribution in [0, 0.1) is 11.6 Å². The van der Waals surface area contributed by atoms with Gasteiger partial charge in [-0.05, 0) is 62.7 Å². The van der Waals surface area contributed by atoms with Crippen molar-refractivity contribution < 1.29 is 56.0 Å². The van der Waals surface area contributed by atoms with Gasteiger partial charge in [-0.2, -0.15) is 13.2 Å². The Morgan fingerprint density at radius 2 is 1.66 bits per heavy atom. The van der Waals surface area contributed by atoms with Crippen LogP contribution in [0.15, 0.2) is 85.1 Å². The zero-order valence-electron chi connectivity index (χ0n) is 32.4. The van der Waals surface area contributed by atoms with E-state index in [4.69, 9.17) is 14.2 Å². The third-order valence-electron chi connectivity index (χ3n) is 9.10. The number of amides is 2. The molecule has 312 valence electrons. The smallest absolute Gasteiger partial charge is 0.416 e. The van der Waals surface area contributed by atoms with Gasteiger partial charge in [-0.3, -0.25) is 10.2 Å². The Labute approximate surface area is 340 Å². The van der Waals surface area contributed by atoms with E-state index in [0.29, 0.717) is 22.1 Å². The van der Waals surface area contributed by atoms with Gasteiger partial charge in [0.05, 0.1) is 31.5 Å². The third-order valence-corrected chi connectivity index (χ3v) is 10.4. The van der Waals surface area contributed by atoms with Gasteiger partial charge in [0.2, 0.25) is 6.35 Å². The van der Waals surface area contributed by atoms with Crippen LogP contribution in [0.25, 0.3) is 10.4 Å². The SMILES string of the molecule is COc1cccc(N2C(O)c3c(sc(-c4ccc(NC(=O)OC(C)(C)C)nc4)c3CN(C)C(=O)OCc3ccccc3)N(Cc3c(F)cccc3C(F)(F)F)C2O)c1F. The molecule has 5 aromatic rings. The maximum absolute atomic E-state index is 16.0. The number of hydrogen-bond donors (Lipinski definition) is 3. The van der Waals surface area contributed by atoms with E-state index < -0.39 is 71.5 Å². The highest BCUT2D eigenvalue weighted by atomic mass is 32.1. The van der Waals surface area contributed by atoms with Crippen molar-refractivity contribution in [1.82, 2.24) is 9.88 Å². The first-order valence-corrected chi connectivity index (χ1v) is 18.8. The molecule has 0 saturated carbocycles. The minimum Gasteiger partial charge on any atom is -0.494 e. The van der Waals surface area contributed by atoms with Gasteiger partial charge in [-0.25, -0.2) is 23.4 Å². The number of carbonyl (C=O) groups is 2. The number of fused-ring (bicyclic) bond motifs is 1. The van der Waals surface area contributed by atoms with Crippen molar-refractivity contribution in [1.29, 1.82) is 0 Å². The number of thiophene rings is 1. The molecule has 2 aromatic heterocycles. The van der Waals surface area contributed by atoms with Gasteiger partial charge in [-0.1, -0.05) is 42.5 Å². The van der Waals surface area contributed by atoms with Gasteiger partial charge in [0.25, 0.3) is 0 Å². The number of halogens is 5. The van der Waals surface area contributed by atoms with E-state index in [2.05, 4.69) is 10.3 Å². The molecule has 0 spiro atoms. The molecule has 6 rings (SSSR count). The molecule has 0 radical (unpaired) electrons. The summed E-state index contributed by atoms with van der Waals surface area (Å²) in [6, 6.07) is 18.2. The van der Waals surface area contributed by atoms with Crippen molar-refractivity contribution in [2.75, 3.05) is 29.3 Å². The average Bonchev–Trinajstić information content (AvgIpc) is 3.55. The van der Waals surface area contributed by atoms with Gasteiger partial charge in [-0.15, -0.1) is 11.3 Å². The van der Waals surface area contributed by atoms with Gasteiger partial charge in [0.15, 0.2) is 17.8 Å². The van der Waals surface area contributed by atoms with E-state index in [1.54, 1.807) is 57.2 Å². The molecule has 0 bridgehead atoms. The lowest BCUT2D eigenvalue weighted by Gasteiger charge is -2.46. The van der Waals surface area contributed by atoms with Crippen LogP contribution in [0.2, 0.25) is 0 Å². The van der Waals surface area contributed by atoms with Crippen LogP contribution < -0.4 is 19.9 Å². The normalized spacial score (nSPS) is 15.4. The number of methoxy groups -OCH3 is 1. The summed E-state index contributed by atoms with van der Waals surface area (Å²) in [6.07, 6.45) is -9.19. The minimum atomic E-state index is -5.01. The predicted molar refractivity (Wildman–Crippen MR) is 209 cm³/mol. The number of alkyl halides is 3. The number of nitrogens with zero attached hydrogens (tertiary/aromatic N) is 4. The highest BCUT2D eigenvalue weighted by molar-refractivity contribution is 7.20. The van der Waals surface area contributed by atoms with E-state index in [-0.39, 0.29) is 40.8 Å². The summed E-state index contributed by atoms with van der Waals surface area (Å²) in [7, 11) is 2.62. The molecule has 18 heteroatoms. The van der Waals surface area contributed by atoms with E-state index in [0.717, 1.165) is 33.3 Å². The zero-order valence-corrected chi connectivity index (χ0v) is 33.2. The van der Waals surface area contributed by atoms with Crippen LogP contribution in [0.4, 0.5) is 48.0 Å². The fourth-order valence-corrected chi connectivity index (χ4v) is 7.76. The second kappa shape index (κ2) is 17.1. The largest absolute Gasteiger partial charge is 0.494 e. The molecular weight excluding hydrogens is 802 g/mol. The van der Waals surface area contributed by atoms with Crippen LogP contribution in [0.5, 0.6) is 5.75 Å². The number of benzene rings is 3. The standard InChI is InChI=1S/C41H40F5N5O7S/c1-40(2,3)58-37(53)48-31-18-17-24(19-47-31)34-26(20-49(4)39(55)57-22-23-11-7-6-8-12-23)32-35(52)51(29-15-10-16-30(56-5)33(29)43)38(54)50(36(32)59-34)21-25-27(41(44,45)46)13-9-14-28(25)42/h6-19,35,38,52,54H,20-22H2,1-5H3,(H,47,48,53). The van der Waals surface area contributed by atoms with E-state index in [1.165, 1.54) is 49.5 Å². The Morgan fingerprint density at radius 3 is 2.31 bits per heavy atom. The Bertz CT molecular complexity index is 2310.